The van der Waals surface area contributed by atoms with E-state index in [0.717, 1.165) is 22.0 Å². The van der Waals surface area contributed by atoms with Gasteiger partial charge >= 0.3 is 0 Å². The first-order chi connectivity index (χ1) is 9.16. The predicted molar refractivity (Wildman–Crippen MR) is 79.0 cm³/mol. The Morgan fingerprint density at radius 2 is 1.89 bits per heavy atom. The topological polar surface area (TPSA) is 67.6 Å². The summed E-state index contributed by atoms with van der Waals surface area (Å²) in [6.45, 7) is 4.12. The van der Waals surface area contributed by atoms with Gasteiger partial charge in [-0.3, -0.25) is 5.10 Å². The van der Waals surface area contributed by atoms with Crippen LogP contribution in [0.2, 0.25) is 0 Å². The molecule has 0 aliphatic heterocycles. The second kappa shape index (κ2) is 4.51. The lowest BCUT2D eigenvalue weighted by atomic mass is 10.1. The van der Waals surface area contributed by atoms with Gasteiger partial charge in [0.1, 0.15) is 0 Å². The quantitative estimate of drug-likeness (QED) is 0.750. The van der Waals surface area contributed by atoms with E-state index in [1.165, 1.54) is 10.4 Å². The number of aryl methyl sites for hydroxylation is 1. The van der Waals surface area contributed by atoms with Gasteiger partial charge in [-0.05, 0) is 19.4 Å². The average molecular weight is 270 g/mol. The lowest BCUT2D eigenvalue weighted by molar-refractivity contribution is 1.10. The van der Waals surface area contributed by atoms with Crippen LogP contribution in [0.4, 0.5) is 5.00 Å². The summed E-state index contributed by atoms with van der Waals surface area (Å²) in [6.07, 6.45) is 0. The Hall–Kier alpha value is -2.14. The molecule has 0 atom stereocenters. The second-order valence-corrected chi connectivity index (χ2v) is 5.65. The van der Waals surface area contributed by atoms with Gasteiger partial charge in [0.2, 0.25) is 0 Å². The molecule has 0 saturated carbocycles. The molecule has 0 aliphatic carbocycles. The maximum absolute atomic E-state index is 6.05. The zero-order chi connectivity index (χ0) is 13.4. The molecule has 4 nitrogen and oxygen atoms in total. The minimum Gasteiger partial charge on any atom is -0.390 e. The van der Waals surface area contributed by atoms with Gasteiger partial charge in [0.25, 0.3) is 0 Å². The molecular formula is C14H14N4S. The van der Waals surface area contributed by atoms with Crippen LogP contribution in [0.15, 0.2) is 30.3 Å². The van der Waals surface area contributed by atoms with E-state index in [9.17, 15) is 0 Å². The third-order valence-electron chi connectivity index (χ3n) is 3.17. The van der Waals surface area contributed by atoms with Crippen molar-refractivity contribution < 1.29 is 0 Å². The van der Waals surface area contributed by atoms with Gasteiger partial charge in [0.05, 0.1) is 10.6 Å². The predicted octanol–water partition coefficient (Wildman–Crippen LogP) is 3.40. The van der Waals surface area contributed by atoms with Crippen molar-refractivity contribution in [3.8, 4) is 22.8 Å². The second-order valence-electron chi connectivity index (χ2n) is 4.40. The van der Waals surface area contributed by atoms with E-state index in [1.807, 2.05) is 30.3 Å². The minimum atomic E-state index is 0.693. The van der Waals surface area contributed by atoms with Gasteiger partial charge in [0, 0.05) is 10.4 Å². The van der Waals surface area contributed by atoms with Crippen molar-refractivity contribution in [2.45, 2.75) is 13.8 Å². The van der Waals surface area contributed by atoms with Gasteiger partial charge in [-0.1, -0.05) is 30.3 Å². The van der Waals surface area contributed by atoms with Crippen LogP contribution in [-0.2, 0) is 0 Å². The van der Waals surface area contributed by atoms with Crippen LogP contribution in [0.5, 0.6) is 0 Å². The van der Waals surface area contributed by atoms with Gasteiger partial charge in [-0.15, -0.1) is 11.3 Å². The summed E-state index contributed by atoms with van der Waals surface area (Å²) in [6, 6.07) is 9.89. The molecule has 0 spiro atoms. The molecule has 3 rings (SSSR count). The Labute approximate surface area is 115 Å². The van der Waals surface area contributed by atoms with Crippen LogP contribution < -0.4 is 5.73 Å². The standard InChI is InChI=1S/C14H14N4S/c1-8-9(2)19-12(15)11(8)14-16-13(17-18-14)10-6-4-3-5-7-10/h3-7H,15H2,1-2H3,(H,16,17,18). The van der Waals surface area contributed by atoms with Crippen LogP contribution in [0.3, 0.4) is 0 Å². The number of aromatic nitrogens is 3. The summed E-state index contributed by atoms with van der Waals surface area (Å²) < 4.78 is 0. The average Bonchev–Trinajstić information content (AvgIpc) is 2.97. The van der Waals surface area contributed by atoms with Gasteiger partial charge < -0.3 is 5.73 Å². The SMILES string of the molecule is Cc1sc(N)c(-c2nc(-c3ccccc3)n[nH]2)c1C. The summed E-state index contributed by atoms with van der Waals surface area (Å²) in [5.74, 6) is 1.43. The Morgan fingerprint density at radius 3 is 2.53 bits per heavy atom. The number of anilines is 1. The monoisotopic (exact) mass is 270 g/mol. The van der Waals surface area contributed by atoms with E-state index in [-0.39, 0.29) is 0 Å². The lowest BCUT2D eigenvalue weighted by Gasteiger charge is -1.96. The van der Waals surface area contributed by atoms with Crippen molar-refractivity contribution >= 4 is 16.3 Å². The lowest BCUT2D eigenvalue weighted by Crippen LogP contribution is -1.88. The number of nitrogens with zero attached hydrogens (tertiary/aromatic N) is 2. The van der Waals surface area contributed by atoms with Crippen molar-refractivity contribution in [2.75, 3.05) is 5.73 Å². The number of thiophene rings is 1. The van der Waals surface area contributed by atoms with E-state index in [0.29, 0.717) is 5.82 Å². The van der Waals surface area contributed by atoms with Crippen LogP contribution in [-0.4, -0.2) is 15.2 Å². The Bertz CT molecular complexity index is 712. The zero-order valence-corrected chi connectivity index (χ0v) is 11.6. The van der Waals surface area contributed by atoms with Crippen LogP contribution >= 0.6 is 11.3 Å². The fraction of sp³-hybridized carbons (Fsp3) is 0.143. The Kier molecular flexibility index (Phi) is 2.83. The van der Waals surface area contributed by atoms with Crippen molar-refractivity contribution in [3.63, 3.8) is 0 Å². The van der Waals surface area contributed by atoms with Gasteiger partial charge in [-0.2, -0.15) is 5.10 Å². The summed E-state index contributed by atoms with van der Waals surface area (Å²) in [7, 11) is 0. The first-order valence-electron chi connectivity index (χ1n) is 6.00. The molecular weight excluding hydrogens is 256 g/mol. The number of nitrogen functional groups attached to an aromatic ring is 1. The number of nitrogens with two attached hydrogens (primary N) is 1. The Balaban J connectivity index is 2.07. The molecule has 3 aromatic rings. The Morgan fingerprint density at radius 1 is 1.16 bits per heavy atom. The van der Waals surface area contributed by atoms with Crippen LogP contribution in [0.1, 0.15) is 10.4 Å². The molecule has 2 aromatic heterocycles. The van der Waals surface area contributed by atoms with E-state index in [1.54, 1.807) is 11.3 Å². The van der Waals surface area contributed by atoms with E-state index in [4.69, 9.17) is 5.73 Å². The number of rotatable bonds is 2. The zero-order valence-electron chi connectivity index (χ0n) is 10.8. The molecule has 0 radical (unpaired) electrons. The maximum atomic E-state index is 6.05. The largest absolute Gasteiger partial charge is 0.390 e. The third-order valence-corrected chi connectivity index (χ3v) is 4.20. The number of nitrogens with one attached hydrogen (secondary N) is 1. The third kappa shape index (κ3) is 2.02. The van der Waals surface area contributed by atoms with E-state index < -0.39 is 0 Å². The van der Waals surface area contributed by atoms with E-state index in [2.05, 4.69) is 29.0 Å². The molecule has 0 unspecified atom stereocenters. The minimum absolute atomic E-state index is 0.693. The summed E-state index contributed by atoms with van der Waals surface area (Å²) in [5, 5.41) is 8.03. The number of hydrogen-bond acceptors (Lipinski definition) is 4. The van der Waals surface area contributed by atoms with Gasteiger partial charge in [0.15, 0.2) is 11.6 Å². The van der Waals surface area contributed by atoms with Crippen molar-refractivity contribution in [3.05, 3.63) is 40.8 Å². The molecule has 3 N–H and O–H groups in total. The highest BCUT2D eigenvalue weighted by molar-refractivity contribution is 7.16. The van der Waals surface area contributed by atoms with Gasteiger partial charge in [-0.25, -0.2) is 4.98 Å². The number of benzene rings is 1. The molecule has 5 heteroatoms. The maximum Gasteiger partial charge on any atom is 0.181 e. The molecule has 0 amide bonds. The highest BCUT2D eigenvalue weighted by Gasteiger charge is 2.16. The molecule has 0 bridgehead atoms. The number of aromatic amines is 1. The summed E-state index contributed by atoms with van der Waals surface area (Å²) in [5.41, 5.74) is 9.18. The first kappa shape index (κ1) is 11.9. The van der Waals surface area contributed by atoms with E-state index >= 15 is 0 Å². The molecule has 0 aliphatic rings. The van der Waals surface area contributed by atoms with Crippen LogP contribution in [0, 0.1) is 13.8 Å². The fourth-order valence-electron chi connectivity index (χ4n) is 2.04. The molecule has 1 aromatic carbocycles. The van der Waals surface area contributed by atoms with Crippen LogP contribution in [0.25, 0.3) is 22.8 Å². The molecule has 2 heterocycles. The fourth-order valence-corrected chi connectivity index (χ4v) is 2.97. The first-order valence-corrected chi connectivity index (χ1v) is 6.82. The number of H-pyrrole nitrogens is 1. The molecule has 96 valence electrons. The number of hydrogen-bond donors (Lipinski definition) is 2. The molecule has 19 heavy (non-hydrogen) atoms. The smallest absolute Gasteiger partial charge is 0.181 e. The van der Waals surface area contributed by atoms with Crippen molar-refractivity contribution in [2.24, 2.45) is 0 Å². The summed E-state index contributed by atoms with van der Waals surface area (Å²) in [4.78, 5) is 5.76. The normalized spacial score (nSPS) is 10.8. The highest BCUT2D eigenvalue weighted by Crippen LogP contribution is 2.36. The van der Waals surface area contributed by atoms with Crippen molar-refractivity contribution in [1.29, 1.82) is 0 Å². The summed E-state index contributed by atoms with van der Waals surface area (Å²) >= 11 is 1.59. The molecule has 0 fully saturated rings. The van der Waals surface area contributed by atoms with Crippen molar-refractivity contribution in [1.82, 2.24) is 15.2 Å². The molecule has 0 saturated heterocycles. The highest BCUT2D eigenvalue weighted by atomic mass is 32.1.